The molecule has 2 unspecified atom stereocenters. The van der Waals surface area contributed by atoms with Crippen LogP contribution >= 0.6 is 34.5 Å². The minimum absolute atomic E-state index is 0.0771. The summed E-state index contributed by atoms with van der Waals surface area (Å²) in [6.45, 7) is 5.15. The van der Waals surface area contributed by atoms with Crippen LogP contribution < -0.4 is 0 Å². The van der Waals surface area contributed by atoms with Crippen molar-refractivity contribution < 1.29 is 14.6 Å². The Hall–Kier alpha value is -1.93. The second-order valence-electron chi connectivity index (χ2n) is 11.5. The number of aliphatic carboxylic acids is 1. The molecule has 0 aliphatic carbocycles. The van der Waals surface area contributed by atoms with Crippen LogP contribution in [-0.2, 0) is 22.5 Å². The zero-order valence-electron chi connectivity index (χ0n) is 23.0. The van der Waals surface area contributed by atoms with Crippen LogP contribution in [0.5, 0.6) is 0 Å². The van der Waals surface area contributed by atoms with Gasteiger partial charge in [-0.1, -0.05) is 59.6 Å². The fourth-order valence-corrected chi connectivity index (χ4v) is 7.55. The summed E-state index contributed by atoms with van der Waals surface area (Å²) in [5.41, 5.74) is 3.63. The molecule has 0 saturated carbocycles. The molecular formula is C32H38Cl2N2O3S. The Balaban J connectivity index is 0.000000162. The molecule has 0 radical (unpaired) electrons. The Morgan fingerprint density at radius 3 is 2.55 bits per heavy atom. The number of thiophene rings is 1. The third-order valence-corrected chi connectivity index (χ3v) is 9.91. The molecule has 8 heteroatoms. The lowest BCUT2D eigenvalue weighted by molar-refractivity contribution is -0.159. The van der Waals surface area contributed by atoms with Crippen molar-refractivity contribution in [3.63, 3.8) is 0 Å². The second kappa shape index (κ2) is 13.4. The molecule has 2 aromatic carbocycles. The zero-order valence-corrected chi connectivity index (χ0v) is 25.3. The van der Waals surface area contributed by atoms with E-state index in [9.17, 15) is 9.90 Å². The summed E-state index contributed by atoms with van der Waals surface area (Å²) in [6.07, 6.45) is 4.12. The number of hydrogen-bond acceptors (Lipinski definition) is 5. The number of hydrogen-bond donors (Lipinski definition) is 1. The number of benzene rings is 2. The van der Waals surface area contributed by atoms with Crippen LogP contribution in [0.4, 0.5) is 0 Å². The fourth-order valence-electron chi connectivity index (χ4n) is 6.34. The van der Waals surface area contributed by atoms with Crippen LogP contribution in [0.15, 0.2) is 65.4 Å². The molecule has 0 amide bonds. The van der Waals surface area contributed by atoms with E-state index in [-0.39, 0.29) is 11.5 Å². The molecule has 3 aliphatic rings. The molecule has 1 N–H and O–H groups in total. The Kier molecular flexibility index (Phi) is 9.88. The molecule has 5 nitrogen and oxygen atoms in total. The van der Waals surface area contributed by atoms with Gasteiger partial charge in [0.15, 0.2) is 6.10 Å². The van der Waals surface area contributed by atoms with E-state index >= 15 is 0 Å². The predicted molar refractivity (Wildman–Crippen MR) is 164 cm³/mol. The molecule has 3 aromatic rings. The maximum atomic E-state index is 11.6. The van der Waals surface area contributed by atoms with Crippen molar-refractivity contribution in [1.82, 2.24) is 9.80 Å². The summed E-state index contributed by atoms with van der Waals surface area (Å²) in [5, 5.41) is 15.4. The summed E-state index contributed by atoms with van der Waals surface area (Å²) in [6, 6.07) is 18.1. The largest absolute Gasteiger partial charge is 0.479 e. The number of ether oxygens (including phenoxy) is 1. The molecule has 3 fully saturated rings. The zero-order chi connectivity index (χ0) is 28.1. The first-order valence-corrected chi connectivity index (χ1v) is 15.8. The minimum atomic E-state index is -0.813. The Morgan fingerprint density at radius 1 is 1.10 bits per heavy atom. The highest BCUT2D eigenvalue weighted by Gasteiger charge is 2.50. The molecule has 0 bridgehead atoms. The van der Waals surface area contributed by atoms with E-state index in [4.69, 9.17) is 27.9 Å². The number of halogens is 2. The van der Waals surface area contributed by atoms with E-state index in [2.05, 4.69) is 45.8 Å². The van der Waals surface area contributed by atoms with Crippen molar-refractivity contribution >= 4 is 40.5 Å². The fraction of sp³-hybridized carbons (Fsp3) is 0.469. The Bertz CT molecular complexity index is 1250. The van der Waals surface area contributed by atoms with Gasteiger partial charge in [0.05, 0.1) is 5.60 Å². The molecule has 1 spiro atoms. The van der Waals surface area contributed by atoms with Crippen LogP contribution in [0.25, 0.3) is 0 Å². The van der Waals surface area contributed by atoms with Gasteiger partial charge >= 0.3 is 5.97 Å². The number of carboxylic acid groups (broad SMARTS) is 1. The normalized spacial score (nSPS) is 24.6. The molecular weight excluding hydrogens is 563 g/mol. The van der Waals surface area contributed by atoms with Gasteiger partial charge in [0.1, 0.15) is 0 Å². The average Bonchev–Trinajstić information content (AvgIpc) is 3.70. The second-order valence-corrected chi connectivity index (χ2v) is 13.2. The lowest BCUT2D eigenvalue weighted by Gasteiger charge is -2.37. The van der Waals surface area contributed by atoms with E-state index in [0.717, 1.165) is 69.0 Å². The smallest absolute Gasteiger partial charge is 0.333 e. The van der Waals surface area contributed by atoms with Crippen molar-refractivity contribution in [1.29, 1.82) is 0 Å². The van der Waals surface area contributed by atoms with Crippen molar-refractivity contribution in [2.45, 2.75) is 56.3 Å². The van der Waals surface area contributed by atoms with Crippen LogP contribution in [0.2, 0.25) is 10.0 Å². The lowest BCUT2D eigenvalue weighted by Crippen LogP contribution is -2.43. The Morgan fingerprint density at radius 2 is 1.88 bits per heavy atom. The third-order valence-electron chi connectivity index (χ3n) is 8.62. The molecule has 214 valence electrons. The molecule has 3 aliphatic heterocycles. The summed E-state index contributed by atoms with van der Waals surface area (Å²) >= 11 is 13.9. The van der Waals surface area contributed by atoms with Gasteiger partial charge in [-0.15, -0.1) is 0 Å². The van der Waals surface area contributed by atoms with Gasteiger partial charge in [0.2, 0.25) is 0 Å². The summed E-state index contributed by atoms with van der Waals surface area (Å²) in [5.74, 6) is -0.0580. The summed E-state index contributed by atoms with van der Waals surface area (Å²) in [7, 11) is 2.11. The van der Waals surface area contributed by atoms with E-state index in [1.165, 1.54) is 17.5 Å². The van der Waals surface area contributed by atoms with Crippen molar-refractivity contribution in [3.8, 4) is 0 Å². The van der Waals surface area contributed by atoms with Gasteiger partial charge in [0, 0.05) is 42.1 Å². The predicted octanol–water partition coefficient (Wildman–Crippen LogP) is 7.23. The molecule has 4 heterocycles. The van der Waals surface area contributed by atoms with Gasteiger partial charge < -0.3 is 14.7 Å². The van der Waals surface area contributed by atoms with Crippen LogP contribution in [0.1, 0.15) is 48.3 Å². The van der Waals surface area contributed by atoms with E-state index in [1.807, 2.05) is 36.4 Å². The topological polar surface area (TPSA) is 53.0 Å². The lowest BCUT2D eigenvalue weighted by atomic mass is 9.82. The molecule has 3 atom stereocenters. The standard InChI is InChI=1S/C17H23NO3.C15H15Cl2NS/c1-18-9-7-17(8-10-18)12-14(15(21-17)16(19)20)11-13-5-3-2-4-6-13;16-14-2-1-12(15(17)7-14)9-18-5-3-11(8-18)13-4-6-19-10-13/h2-6,14-15H,7-12H2,1H3,(H,19,20);1-2,4,6-7,10-11H,3,5,8-9H2/t;11-/m.1/s1. The minimum Gasteiger partial charge on any atom is -0.479 e. The molecule has 3 saturated heterocycles. The third kappa shape index (κ3) is 7.47. The molecule has 40 heavy (non-hydrogen) atoms. The van der Waals surface area contributed by atoms with Crippen LogP contribution in [0, 0.1) is 5.92 Å². The van der Waals surface area contributed by atoms with Crippen LogP contribution in [0.3, 0.4) is 0 Å². The maximum Gasteiger partial charge on any atom is 0.333 e. The van der Waals surface area contributed by atoms with Gasteiger partial charge in [-0.25, -0.2) is 4.79 Å². The van der Waals surface area contributed by atoms with Gasteiger partial charge in [-0.05, 0) is 97.3 Å². The number of piperidine rings is 1. The SMILES string of the molecule is CN1CCC2(CC1)CC(Cc1ccccc1)C(C(=O)O)O2.Clc1ccc(CN2CC[C@@H](c3ccsc3)C2)c(Cl)c1. The first kappa shape index (κ1) is 29.6. The average molecular weight is 602 g/mol. The number of carbonyl (C=O) groups is 1. The van der Waals surface area contributed by atoms with E-state index < -0.39 is 12.1 Å². The molecule has 1 aromatic heterocycles. The highest BCUT2D eigenvalue weighted by atomic mass is 35.5. The first-order valence-electron chi connectivity index (χ1n) is 14.1. The Labute approximate surface area is 251 Å². The number of carboxylic acids is 1. The van der Waals surface area contributed by atoms with Gasteiger partial charge in [0.25, 0.3) is 0 Å². The van der Waals surface area contributed by atoms with Crippen molar-refractivity contribution in [3.05, 3.63) is 92.1 Å². The monoisotopic (exact) mass is 600 g/mol. The number of nitrogens with zero attached hydrogens (tertiary/aromatic N) is 2. The summed E-state index contributed by atoms with van der Waals surface area (Å²) < 4.78 is 6.06. The number of likely N-dealkylation sites (tertiary alicyclic amines) is 2. The first-order chi connectivity index (χ1) is 19.3. The quantitative estimate of drug-likeness (QED) is 0.323. The van der Waals surface area contributed by atoms with Gasteiger partial charge in [-0.2, -0.15) is 11.3 Å². The number of rotatable bonds is 6. The molecule has 6 rings (SSSR count). The van der Waals surface area contributed by atoms with E-state index in [0.29, 0.717) is 10.9 Å². The van der Waals surface area contributed by atoms with Crippen molar-refractivity contribution in [2.24, 2.45) is 5.92 Å². The van der Waals surface area contributed by atoms with E-state index in [1.54, 1.807) is 11.3 Å². The highest BCUT2D eigenvalue weighted by Crippen LogP contribution is 2.43. The maximum absolute atomic E-state index is 11.6. The van der Waals surface area contributed by atoms with Crippen molar-refractivity contribution in [2.75, 3.05) is 33.2 Å². The summed E-state index contributed by atoms with van der Waals surface area (Å²) in [4.78, 5) is 16.3. The highest BCUT2D eigenvalue weighted by molar-refractivity contribution is 7.08. The van der Waals surface area contributed by atoms with Crippen LogP contribution in [-0.4, -0.2) is 65.8 Å². The van der Waals surface area contributed by atoms with Gasteiger partial charge in [-0.3, -0.25) is 4.90 Å².